The molecule has 2 aromatic rings. The average Bonchev–Trinajstić information content (AvgIpc) is 3.52. The molecule has 0 aromatic heterocycles. The van der Waals surface area contributed by atoms with Gasteiger partial charge in [-0.3, -0.25) is 0 Å². The lowest BCUT2D eigenvalue weighted by Gasteiger charge is -2.22. The summed E-state index contributed by atoms with van der Waals surface area (Å²) < 4.78 is 43.8. The minimum Gasteiger partial charge on any atom is -0.493 e. The van der Waals surface area contributed by atoms with Gasteiger partial charge in [0.05, 0.1) is 26.2 Å². The fraction of sp³-hybridized carbons (Fsp3) is 0.400. The Balaban J connectivity index is 1.83. The first kappa shape index (κ1) is 19.5. The largest absolute Gasteiger partial charge is 0.493 e. The van der Waals surface area contributed by atoms with Gasteiger partial charge in [0, 0.05) is 12.6 Å². The summed E-state index contributed by atoms with van der Waals surface area (Å²) >= 11 is 0. The van der Waals surface area contributed by atoms with Crippen molar-refractivity contribution in [3.8, 4) is 17.2 Å². The van der Waals surface area contributed by atoms with Crippen LogP contribution in [0.4, 0.5) is 0 Å². The van der Waals surface area contributed by atoms with Crippen LogP contribution in [0.1, 0.15) is 18.4 Å². The molecule has 0 atom stereocenters. The molecule has 0 aliphatic heterocycles. The molecule has 0 saturated heterocycles. The van der Waals surface area contributed by atoms with Gasteiger partial charge < -0.3 is 14.2 Å². The summed E-state index contributed by atoms with van der Waals surface area (Å²) in [6, 6.07) is 12.4. The number of nitrogens with zero attached hydrogens (tertiary/aromatic N) is 1. The second-order valence-corrected chi connectivity index (χ2v) is 8.33. The minimum atomic E-state index is -3.51. The Hall–Kier alpha value is -2.25. The summed E-state index contributed by atoms with van der Waals surface area (Å²) in [5.41, 5.74) is 0.929. The highest BCUT2D eigenvalue weighted by Crippen LogP contribution is 2.39. The van der Waals surface area contributed by atoms with Gasteiger partial charge in [0.15, 0.2) is 11.5 Å². The zero-order valence-electron chi connectivity index (χ0n) is 15.8. The molecule has 0 unspecified atom stereocenters. The van der Waals surface area contributed by atoms with Crippen molar-refractivity contribution in [3.05, 3.63) is 48.0 Å². The van der Waals surface area contributed by atoms with Gasteiger partial charge in [-0.15, -0.1) is 0 Å². The molecule has 1 saturated carbocycles. The molecule has 1 aliphatic rings. The maximum Gasteiger partial charge on any atom is 0.243 e. The van der Waals surface area contributed by atoms with Crippen molar-refractivity contribution in [1.82, 2.24) is 4.31 Å². The second-order valence-electron chi connectivity index (χ2n) is 6.44. The first-order valence-corrected chi connectivity index (χ1v) is 10.3. The van der Waals surface area contributed by atoms with Crippen LogP contribution in [0.25, 0.3) is 0 Å². The topological polar surface area (TPSA) is 65.1 Å². The normalized spacial score (nSPS) is 14.2. The average molecular weight is 391 g/mol. The second kappa shape index (κ2) is 8.19. The van der Waals surface area contributed by atoms with Gasteiger partial charge >= 0.3 is 0 Å². The van der Waals surface area contributed by atoms with Crippen molar-refractivity contribution in [2.45, 2.75) is 30.2 Å². The maximum absolute atomic E-state index is 13.0. The van der Waals surface area contributed by atoms with Gasteiger partial charge in [-0.1, -0.05) is 18.2 Å². The van der Waals surface area contributed by atoms with E-state index in [9.17, 15) is 8.42 Å². The fourth-order valence-corrected chi connectivity index (χ4v) is 4.82. The number of methoxy groups -OCH3 is 3. The van der Waals surface area contributed by atoms with Crippen LogP contribution in [0.3, 0.4) is 0 Å². The lowest BCUT2D eigenvalue weighted by atomic mass is 10.1. The highest BCUT2D eigenvalue weighted by Gasteiger charge is 2.37. The van der Waals surface area contributed by atoms with Gasteiger partial charge in [0.2, 0.25) is 15.8 Å². The third-order valence-corrected chi connectivity index (χ3v) is 6.62. The van der Waals surface area contributed by atoms with Gasteiger partial charge in [0.1, 0.15) is 0 Å². The highest BCUT2D eigenvalue weighted by molar-refractivity contribution is 7.89. The number of ether oxygens (including phenoxy) is 3. The number of rotatable bonds is 9. The Morgan fingerprint density at radius 3 is 2.04 bits per heavy atom. The first-order valence-electron chi connectivity index (χ1n) is 8.87. The Kier molecular flexibility index (Phi) is 5.92. The summed E-state index contributed by atoms with van der Waals surface area (Å²) in [5, 5.41) is 0. The summed E-state index contributed by atoms with van der Waals surface area (Å²) in [6.07, 6.45) is 2.36. The van der Waals surface area contributed by atoms with Crippen molar-refractivity contribution in [3.63, 3.8) is 0 Å². The summed E-state index contributed by atoms with van der Waals surface area (Å²) in [7, 11) is 1.18. The molecule has 1 aliphatic carbocycles. The molecule has 146 valence electrons. The van der Waals surface area contributed by atoms with Gasteiger partial charge in [-0.2, -0.15) is 4.31 Å². The van der Waals surface area contributed by atoms with Gasteiger partial charge in [0.25, 0.3) is 0 Å². The Labute approximate surface area is 160 Å². The number of sulfonamides is 1. The lowest BCUT2D eigenvalue weighted by molar-refractivity contribution is 0.323. The van der Waals surface area contributed by atoms with E-state index in [-0.39, 0.29) is 6.04 Å². The van der Waals surface area contributed by atoms with E-state index in [1.54, 1.807) is 49.9 Å². The lowest BCUT2D eigenvalue weighted by Crippen LogP contribution is -2.35. The van der Waals surface area contributed by atoms with Crippen LogP contribution in [0.2, 0.25) is 0 Å². The van der Waals surface area contributed by atoms with E-state index in [0.29, 0.717) is 35.1 Å². The molecule has 0 amide bonds. The zero-order valence-corrected chi connectivity index (χ0v) is 16.7. The van der Waals surface area contributed by atoms with E-state index >= 15 is 0 Å². The molecule has 0 bridgehead atoms. The number of hydrogen-bond acceptors (Lipinski definition) is 5. The number of hydrogen-bond donors (Lipinski definition) is 0. The standard InChI is InChI=1S/C20H25NO5S/c1-24-18-13-15(14-19(25-2)20(18)26-3)11-12-21(16-9-10-16)27(22,23)17-7-5-4-6-8-17/h4-8,13-14,16H,9-12H2,1-3H3. The number of benzene rings is 2. The van der Waals surface area contributed by atoms with Crippen molar-refractivity contribution in [2.24, 2.45) is 0 Å². The Morgan fingerprint density at radius 2 is 1.56 bits per heavy atom. The zero-order chi connectivity index (χ0) is 19.4. The van der Waals surface area contributed by atoms with Crippen LogP contribution in [-0.4, -0.2) is 46.6 Å². The molecule has 1 fully saturated rings. The van der Waals surface area contributed by atoms with Crippen LogP contribution in [0, 0.1) is 0 Å². The summed E-state index contributed by atoms with van der Waals surface area (Å²) in [5.74, 6) is 1.66. The van der Waals surface area contributed by atoms with Crippen molar-refractivity contribution in [1.29, 1.82) is 0 Å². The molecule has 0 N–H and O–H groups in total. The minimum absolute atomic E-state index is 0.0808. The Morgan fingerprint density at radius 1 is 0.963 bits per heavy atom. The van der Waals surface area contributed by atoms with E-state index < -0.39 is 10.0 Å². The molecule has 2 aromatic carbocycles. The third-order valence-electron chi connectivity index (χ3n) is 4.65. The van der Waals surface area contributed by atoms with Crippen LogP contribution in [0.5, 0.6) is 17.2 Å². The van der Waals surface area contributed by atoms with Gasteiger partial charge in [-0.05, 0) is 49.1 Å². The smallest absolute Gasteiger partial charge is 0.243 e. The molecule has 0 spiro atoms. The molecule has 3 rings (SSSR count). The predicted molar refractivity (Wildman–Crippen MR) is 103 cm³/mol. The SMILES string of the molecule is COc1cc(CCN(C2CC2)S(=O)(=O)c2ccccc2)cc(OC)c1OC. The molecule has 0 heterocycles. The van der Waals surface area contributed by atoms with E-state index in [4.69, 9.17) is 14.2 Å². The van der Waals surface area contributed by atoms with E-state index in [0.717, 1.165) is 18.4 Å². The van der Waals surface area contributed by atoms with Crippen molar-refractivity contribution < 1.29 is 22.6 Å². The first-order chi connectivity index (χ1) is 13.0. The monoisotopic (exact) mass is 391 g/mol. The third kappa shape index (κ3) is 4.20. The molecular formula is C20H25NO5S. The molecule has 27 heavy (non-hydrogen) atoms. The summed E-state index contributed by atoms with van der Waals surface area (Å²) in [6.45, 7) is 0.403. The van der Waals surface area contributed by atoms with E-state index in [1.165, 1.54) is 0 Å². The van der Waals surface area contributed by atoms with Crippen molar-refractivity contribution in [2.75, 3.05) is 27.9 Å². The van der Waals surface area contributed by atoms with Crippen LogP contribution >= 0.6 is 0 Å². The van der Waals surface area contributed by atoms with Crippen LogP contribution < -0.4 is 14.2 Å². The predicted octanol–water partition coefficient (Wildman–Crippen LogP) is 3.11. The quantitative estimate of drug-likeness (QED) is 0.657. The van der Waals surface area contributed by atoms with E-state index in [2.05, 4.69) is 0 Å². The Bertz CT molecular complexity index is 853. The highest BCUT2D eigenvalue weighted by atomic mass is 32.2. The molecular weight excluding hydrogens is 366 g/mol. The summed E-state index contributed by atoms with van der Waals surface area (Å²) in [4.78, 5) is 0.335. The fourth-order valence-electron chi connectivity index (χ4n) is 3.11. The van der Waals surface area contributed by atoms with Gasteiger partial charge in [-0.25, -0.2) is 8.42 Å². The van der Waals surface area contributed by atoms with Crippen molar-refractivity contribution >= 4 is 10.0 Å². The molecule has 6 nitrogen and oxygen atoms in total. The van der Waals surface area contributed by atoms with Crippen LogP contribution in [0.15, 0.2) is 47.4 Å². The van der Waals surface area contributed by atoms with Crippen LogP contribution in [-0.2, 0) is 16.4 Å². The molecule has 0 radical (unpaired) electrons. The molecule has 7 heteroatoms. The maximum atomic E-state index is 13.0. The van der Waals surface area contributed by atoms with E-state index in [1.807, 2.05) is 18.2 Å².